The van der Waals surface area contributed by atoms with E-state index in [4.69, 9.17) is 14.2 Å². The van der Waals surface area contributed by atoms with Crippen LogP contribution in [0.4, 0.5) is 4.39 Å². The second kappa shape index (κ2) is 7.33. The number of carbonyl (C=O) groups is 1. The summed E-state index contributed by atoms with van der Waals surface area (Å²) in [7, 11) is 0. The van der Waals surface area contributed by atoms with Gasteiger partial charge < -0.3 is 19.1 Å². The molecule has 1 amide bonds. The zero-order chi connectivity index (χ0) is 17.9. The second-order valence-corrected chi connectivity index (χ2v) is 6.43. The molecule has 0 radical (unpaired) electrons. The van der Waals surface area contributed by atoms with Gasteiger partial charge >= 0.3 is 0 Å². The van der Waals surface area contributed by atoms with Crippen molar-refractivity contribution in [2.45, 2.75) is 12.5 Å². The Morgan fingerprint density at radius 2 is 2.04 bits per heavy atom. The van der Waals surface area contributed by atoms with Crippen LogP contribution in [0.5, 0.6) is 11.5 Å². The summed E-state index contributed by atoms with van der Waals surface area (Å²) >= 11 is 0. The minimum atomic E-state index is -0.303. The molecule has 0 saturated carbocycles. The van der Waals surface area contributed by atoms with Crippen molar-refractivity contribution in [2.24, 2.45) is 0 Å². The molecule has 26 heavy (non-hydrogen) atoms. The number of hydrogen-bond acceptors (Lipinski definition) is 4. The van der Waals surface area contributed by atoms with Crippen LogP contribution in [0.25, 0.3) is 0 Å². The maximum Gasteiger partial charge on any atom is 0.254 e. The molecule has 2 heterocycles. The highest BCUT2D eigenvalue weighted by Crippen LogP contribution is 2.26. The van der Waals surface area contributed by atoms with E-state index in [1.54, 1.807) is 17.0 Å². The molecule has 0 aliphatic carbocycles. The lowest BCUT2D eigenvalue weighted by molar-refractivity contribution is -0.0401. The van der Waals surface area contributed by atoms with Crippen molar-refractivity contribution in [1.82, 2.24) is 4.90 Å². The van der Waals surface area contributed by atoms with Crippen molar-refractivity contribution in [2.75, 3.05) is 32.9 Å². The van der Waals surface area contributed by atoms with E-state index in [1.165, 1.54) is 12.1 Å². The molecule has 0 spiro atoms. The molecule has 0 bridgehead atoms. The molecule has 1 fully saturated rings. The summed E-state index contributed by atoms with van der Waals surface area (Å²) in [6, 6.07) is 11.5. The van der Waals surface area contributed by atoms with Gasteiger partial charge in [0.05, 0.1) is 19.8 Å². The molecule has 0 aromatic heterocycles. The Balaban J connectivity index is 1.37. The SMILES string of the molecule is O=C(c1ccc2c(c1)CCO2)N1CCOC(COc2ccc(F)cc2)C1. The van der Waals surface area contributed by atoms with Crippen LogP contribution in [-0.2, 0) is 11.2 Å². The minimum absolute atomic E-state index is 0.00483. The third-order valence-electron chi connectivity index (χ3n) is 4.61. The van der Waals surface area contributed by atoms with Gasteiger partial charge in [-0.1, -0.05) is 0 Å². The van der Waals surface area contributed by atoms with Crippen molar-refractivity contribution in [3.63, 3.8) is 0 Å². The van der Waals surface area contributed by atoms with Crippen LogP contribution in [-0.4, -0.2) is 49.8 Å². The van der Waals surface area contributed by atoms with Gasteiger partial charge in [-0.15, -0.1) is 0 Å². The molecule has 1 atom stereocenters. The molecule has 2 aromatic rings. The molecule has 6 heteroatoms. The molecule has 1 saturated heterocycles. The van der Waals surface area contributed by atoms with Gasteiger partial charge in [-0.25, -0.2) is 4.39 Å². The quantitative estimate of drug-likeness (QED) is 0.844. The first-order valence-corrected chi connectivity index (χ1v) is 8.74. The summed E-state index contributed by atoms with van der Waals surface area (Å²) in [6.07, 6.45) is 0.628. The number of amides is 1. The third-order valence-corrected chi connectivity index (χ3v) is 4.61. The zero-order valence-corrected chi connectivity index (χ0v) is 14.3. The summed E-state index contributed by atoms with van der Waals surface area (Å²) in [5.74, 6) is 1.14. The van der Waals surface area contributed by atoms with E-state index < -0.39 is 0 Å². The van der Waals surface area contributed by atoms with Crippen LogP contribution in [0, 0.1) is 5.82 Å². The Labute approximate surface area is 151 Å². The lowest BCUT2D eigenvalue weighted by atomic mass is 10.1. The standard InChI is InChI=1S/C20H20FNO4/c21-16-2-4-17(5-3-16)26-13-18-12-22(8-10-24-18)20(23)15-1-6-19-14(11-15)7-9-25-19/h1-6,11,18H,7-10,12-13H2. The van der Waals surface area contributed by atoms with E-state index in [2.05, 4.69) is 0 Å². The van der Waals surface area contributed by atoms with Gasteiger partial charge in [0.1, 0.15) is 30.0 Å². The largest absolute Gasteiger partial charge is 0.493 e. The van der Waals surface area contributed by atoms with Crippen LogP contribution in [0.2, 0.25) is 0 Å². The predicted molar refractivity (Wildman–Crippen MR) is 93.2 cm³/mol. The first-order chi connectivity index (χ1) is 12.7. The molecular weight excluding hydrogens is 337 g/mol. The average molecular weight is 357 g/mol. The highest BCUT2D eigenvalue weighted by Gasteiger charge is 2.26. The fraction of sp³-hybridized carbons (Fsp3) is 0.350. The number of nitrogens with zero attached hydrogens (tertiary/aromatic N) is 1. The average Bonchev–Trinajstić information content (AvgIpc) is 3.15. The Kier molecular flexibility index (Phi) is 4.75. The smallest absolute Gasteiger partial charge is 0.254 e. The summed E-state index contributed by atoms with van der Waals surface area (Å²) in [5, 5.41) is 0. The number of fused-ring (bicyclic) bond motifs is 1. The molecule has 5 nitrogen and oxygen atoms in total. The van der Waals surface area contributed by atoms with Crippen LogP contribution >= 0.6 is 0 Å². The molecular formula is C20H20FNO4. The van der Waals surface area contributed by atoms with Crippen LogP contribution < -0.4 is 9.47 Å². The lowest BCUT2D eigenvalue weighted by Gasteiger charge is -2.33. The molecule has 4 rings (SSSR count). The minimum Gasteiger partial charge on any atom is -0.493 e. The van der Waals surface area contributed by atoms with E-state index >= 15 is 0 Å². The molecule has 2 aromatic carbocycles. The summed E-state index contributed by atoms with van der Waals surface area (Å²) in [6.45, 7) is 2.48. The van der Waals surface area contributed by atoms with Crippen molar-refractivity contribution in [3.8, 4) is 11.5 Å². The van der Waals surface area contributed by atoms with E-state index in [0.29, 0.717) is 44.2 Å². The van der Waals surface area contributed by atoms with E-state index in [-0.39, 0.29) is 17.8 Å². The first-order valence-electron chi connectivity index (χ1n) is 8.74. The monoisotopic (exact) mass is 357 g/mol. The Morgan fingerprint density at radius 3 is 2.88 bits per heavy atom. The maximum atomic E-state index is 12.9. The molecule has 2 aliphatic rings. The van der Waals surface area contributed by atoms with Gasteiger partial charge in [0.25, 0.3) is 5.91 Å². The number of ether oxygens (including phenoxy) is 3. The third kappa shape index (κ3) is 3.65. The van der Waals surface area contributed by atoms with Crippen molar-refractivity contribution in [3.05, 3.63) is 59.4 Å². The fourth-order valence-electron chi connectivity index (χ4n) is 3.23. The highest BCUT2D eigenvalue weighted by molar-refractivity contribution is 5.94. The normalized spacial score (nSPS) is 19.0. The summed E-state index contributed by atoms with van der Waals surface area (Å²) < 4.78 is 29.8. The number of halogens is 1. The van der Waals surface area contributed by atoms with Crippen LogP contribution in [0.1, 0.15) is 15.9 Å². The zero-order valence-electron chi connectivity index (χ0n) is 14.3. The topological polar surface area (TPSA) is 48.0 Å². The number of hydrogen-bond donors (Lipinski definition) is 0. The van der Waals surface area contributed by atoms with Gasteiger partial charge in [0.15, 0.2) is 0 Å². The van der Waals surface area contributed by atoms with E-state index in [0.717, 1.165) is 17.7 Å². The van der Waals surface area contributed by atoms with Crippen molar-refractivity contribution in [1.29, 1.82) is 0 Å². The molecule has 1 unspecified atom stereocenters. The second-order valence-electron chi connectivity index (χ2n) is 6.43. The fourth-order valence-corrected chi connectivity index (χ4v) is 3.23. The summed E-state index contributed by atoms with van der Waals surface area (Å²) in [5.41, 5.74) is 1.76. The highest BCUT2D eigenvalue weighted by atomic mass is 19.1. The Hall–Kier alpha value is -2.60. The van der Waals surface area contributed by atoms with E-state index in [1.807, 2.05) is 18.2 Å². The number of morpholine rings is 1. The Morgan fingerprint density at radius 1 is 1.19 bits per heavy atom. The number of benzene rings is 2. The van der Waals surface area contributed by atoms with Crippen LogP contribution in [0.3, 0.4) is 0 Å². The van der Waals surface area contributed by atoms with Gasteiger partial charge in [-0.3, -0.25) is 4.79 Å². The van der Waals surface area contributed by atoms with Gasteiger partial charge in [-0.05, 0) is 48.0 Å². The molecule has 136 valence electrons. The molecule has 2 aliphatic heterocycles. The Bertz CT molecular complexity index is 793. The van der Waals surface area contributed by atoms with Gasteiger partial charge in [0.2, 0.25) is 0 Å². The lowest BCUT2D eigenvalue weighted by Crippen LogP contribution is -2.47. The number of carbonyl (C=O) groups excluding carboxylic acids is 1. The van der Waals surface area contributed by atoms with E-state index in [9.17, 15) is 9.18 Å². The predicted octanol–water partition coefficient (Wildman–Crippen LogP) is 2.68. The first kappa shape index (κ1) is 16.8. The number of rotatable bonds is 4. The van der Waals surface area contributed by atoms with Crippen molar-refractivity contribution < 1.29 is 23.4 Å². The summed E-state index contributed by atoms with van der Waals surface area (Å²) in [4.78, 5) is 14.6. The van der Waals surface area contributed by atoms with Crippen molar-refractivity contribution >= 4 is 5.91 Å². The van der Waals surface area contributed by atoms with Crippen LogP contribution in [0.15, 0.2) is 42.5 Å². The van der Waals surface area contributed by atoms with Gasteiger partial charge in [0, 0.05) is 18.5 Å². The maximum absolute atomic E-state index is 12.9. The molecule has 0 N–H and O–H groups in total. The van der Waals surface area contributed by atoms with Gasteiger partial charge in [-0.2, -0.15) is 0 Å².